The Morgan fingerprint density at radius 3 is 2.42 bits per heavy atom. The van der Waals surface area contributed by atoms with Crippen molar-refractivity contribution in [1.82, 2.24) is 19.7 Å². The topological polar surface area (TPSA) is 72.7 Å². The molecule has 4 aromatic rings. The summed E-state index contributed by atoms with van der Waals surface area (Å²) >= 11 is 7.21. The first-order valence-corrected chi connectivity index (χ1v) is 11.0. The maximum atomic E-state index is 12.7. The molecule has 4 rings (SSSR count). The zero-order chi connectivity index (χ0) is 21.6. The number of nitrogens with one attached hydrogen (secondary N) is 1. The number of nitrogens with zero attached hydrogens (tertiary/aromatic N) is 4. The van der Waals surface area contributed by atoms with Crippen LogP contribution in [-0.4, -0.2) is 30.9 Å². The van der Waals surface area contributed by atoms with Gasteiger partial charge in [0.1, 0.15) is 11.6 Å². The highest BCUT2D eigenvalue weighted by molar-refractivity contribution is 8.00. The number of thioether (sulfide) groups is 1. The number of halogens is 1. The summed E-state index contributed by atoms with van der Waals surface area (Å²) in [4.78, 5) is 16.8. The third-order valence-corrected chi connectivity index (χ3v) is 5.82. The lowest BCUT2D eigenvalue weighted by atomic mass is 10.1. The van der Waals surface area contributed by atoms with Crippen molar-refractivity contribution < 1.29 is 4.79 Å². The quantitative estimate of drug-likeness (QED) is 0.401. The number of benzene rings is 2. The Morgan fingerprint density at radius 1 is 1.03 bits per heavy atom. The van der Waals surface area contributed by atoms with Crippen molar-refractivity contribution >= 4 is 35.1 Å². The number of carbonyl (C=O) groups excluding carboxylic acids is 1. The van der Waals surface area contributed by atoms with Gasteiger partial charge in [-0.15, -0.1) is 10.2 Å². The van der Waals surface area contributed by atoms with E-state index in [1.54, 1.807) is 12.1 Å². The van der Waals surface area contributed by atoms with Gasteiger partial charge in [0.15, 0.2) is 5.16 Å². The Kier molecular flexibility index (Phi) is 6.64. The van der Waals surface area contributed by atoms with Crippen LogP contribution in [0.4, 0.5) is 5.82 Å². The molecule has 6 nitrogen and oxygen atoms in total. The lowest BCUT2D eigenvalue weighted by molar-refractivity contribution is -0.115. The van der Waals surface area contributed by atoms with Crippen LogP contribution in [0.3, 0.4) is 0 Å². The van der Waals surface area contributed by atoms with Crippen molar-refractivity contribution in [2.45, 2.75) is 23.8 Å². The summed E-state index contributed by atoms with van der Waals surface area (Å²) < 4.78 is 2.00. The molecule has 0 aliphatic heterocycles. The fourth-order valence-electron chi connectivity index (χ4n) is 3.00. The van der Waals surface area contributed by atoms with Crippen LogP contribution in [0.15, 0.2) is 84.1 Å². The Bertz CT molecular complexity index is 1150. The van der Waals surface area contributed by atoms with Gasteiger partial charge in [0.2, 0.25) is 5.91 Å². The third-order valence-electron chi connectivity index (χ3n) is 4.55. The SMILES string of the molecule is CC(Sc1nnc(Cc2ccccc2)n1-c1ccccc1)C(=O)Nc1ccc(Cl)cn1. The van der Waals surface area contributed by atoms with Gasteiger partial charge in [0, 0.05) is 18.3 Å². The van der Waals surface area contributed by atoms with Gasteiger partial charge in [-0.2, -0.15) is 0 Å². The highest BCUT2D eigenvalue weighted by atomic mass is 35.5. The molecule has 156 valence electrons. The van der Waals surface area contributed by atoms with Crippen LogP contribution in [0.5, 0.6) is 0 Å². The molecule has 0 saturated heterocycles. The van der Waals surface area contributed by atoms with Crippen molar-refractivity contribution in [3.8, 4) is 5.69 Å². The Morgan fingerprint density at radius 2 is 1.74 bits per heavy atom. The fourth-order valence-corrected chi connectivity index (χ4v) is 3.99. The zero-order valence-electron chi connectivity index (χ0n) is 16.8. The van der Waals surface area contributed by atoms with Crippen molar-refractivity contribution in [3.05, 3.63) is 95.4 Å². The summed E-state index contributed by atoms with van der Waals surface area (Å²) in [6.07, 6.45) is 2.13. The van der Waals surface area contributed by atoms with Gasteiger partial charge in [-0.3, -0.25) is 9.36 Å². The summed E-state index contributed by atoms with van der Waals surface area (Å²) in [5, 5.41) is 12.4. The molecule has 8 heteroatoms. The summed E-state index contributed by atoms with van der Waals surface area (Å²) in [6, 6.07) is 23.4. The maximum Gasteiger partial charge on any atom is 0.238 e. The van der Waals surface area contributed by atoms with E-state index in [1.807, 2.05) is 60.0 Å². The van der Waals surface area contributed by atoms with Gasteiger partial charge in [-0.25, -0.2) is 4.98 Å². The zero-order valence-corrected chi connectivity index (χ0v) is 18.3. The molecule has 31 heavy (non-hydrogen) atoms. The second-order valence-electron chi connectivity index (χ2n) is 6.84. The van der Waals surface area contributed by atoms with Crippen LogP contribution in [0.25, 0.3) is 5.69 Å². The minimum absolute atomic E-state index is 0.174. The lowest BCUT2D eigenvalue weighted by Crippen LogP contribution is -2.23. The van der Waals surface area contributed by atoms with Crippen LogP contribution in [-0.2, 0) is 11.2 Å². The van der Waals surface area contributed by atoms with E-state index in [1.165, 1.54) is 18.0 Å². The van der Waals surface area contributed by atoms with E-state index < -0.39 is 5.25 Å². The van der Waals surface area contributed by atoms with Crippen molar-refractivity contribution in [2.24, 2.45) is 0 Å². The Labute approximate surface area is 189 Å². The number of carbonyl (C=O) groups is 1. The standard InChI is InChI=1S/C23H20ClN5OS/c1-16(22(30)26-20-13-12-18(24)15-25-20)31-23-28-27-21(14-17-8-4-2-5-9-17)29(23)19-10-6-3-7-11-19/h2-13,15-16H,14H2,1H3,(H,25,26,30). The number of pyridine rings is 1. The fraction of sp³-hybridized carbons (Fsp3) is 0.130. The number of amides is 1. The van der Waals surface area contributed by atoms with E-state index in [4.69, 9.17) is 11.6 Å². The molecular formula is C23H20ClN5OS. The van der Waals surface area contributed by atoms with E-state index in [2.05, 4.69) is 32.6 Å². The average molecular weight is 450 g/mol. The van der Waals surface area contributed by atoms with Gasteiger partial charge in [-0.05, 0) is 36.8 Å². The molecule has 0 spiro atoms. The van der Waals surface area contributed by atoms with Gasteiger partial charge >= 0.3 is 0 Å². The first-order chi connectivity index (χ1) is 15.1. The molecule has 0 radical (unpaired) electrons. The van der Waals surface area contributed by atoms with Crippen molar-refractivity contribution in [1.29, 1.82) is 0 Å². The second-order valence-corrected chi connectivity index (χ2v) is 8.59. The number of aromatic nitrogens is 4. The summed E-state index contributed by atoms with van der Waals surface area (Å²) in [7, 11) is 0. The molecule has 1 atom stereocenters. The van der Waals surface area contributed by atoms with Gasteiger partial charge in [0.25, 0.3) is 0 Å². The number of anilines is 1. The minimum Gasteiger partial charge on any atom is -0.310 e. The van der Waals surface area contributed by atoms with E-state index in [-0.39, 0.29) is 5.91 Å². The number of para-hydroxylation sites is 1. The largest absolute Gasteiger partial charge is 0.310 e. The molecular weight excluding hydrogens is 430 g/mol. The molecule has 1 amide bonds. The van der Waals surface area contributed by atoms with Crippen LogP contribution >= 0.6 is 23.4 Å². The van der Waals surface area contributed by atoms with Gasteiger partial charge in [-0.1, -0.05) is 71.9 Å². The summed E-state index contributed by atoms with van der Waals surface area (Å²) in [5.74, 6) is 1.09. The van der Waals surface area contributed by atoms with Crippen LogP contribution in [0, 0.1) is 0 Å². The summed E-state index contributed by atoms with van der Waals surface area (Å²) in [5.41, 5.74) is 2.09. The highest BCUT2D eigenvalue weighted by Gasteiger charge is 2.21. The molecule has 0 aliphatic carbocycles. The maximum absolute atomic E-state index is 12.7. The Balaban J connectivity index is 1.57. The van der Waals surface area contributed by atoms with Crippen molar-refractivity contribution in [3.63, 3.8) is 0 Å². The van der Waals surface area contributed by atoms with E-state index in [0.29, 0.717) is 22.4 Å². The Hall–Kier alpha value is -3.16. The number of rotatable bonds is 7. The molecule has 0 fully saturated rings. The normalized spacial score (nSPS) is 11.8. The number of hydrogen-bond acceptors (Lipinski definition) is 5. The minimum atomic E-state index is -0.409. The van der Waals surface area contributed by atoms with E-state index >= 15 is 0 Å². The van der Waals surface area contributed by atoms with Crippen LogP contribution < -0.4 is 5.32 Å². The highest BCUT2D eigenvalue weighted by Crippen LogP contribution is 2.27. The molecule has 2 aromatic heterocycles. The van der Waals surface area contributed by atoms with Gasteiger partial charge in [0.05, 0.1) is 10.3 Å². The molecule has 0 aliphatic rings. The first-order valence-electron chi connectivity index (χ1n) is 9.73. The van der Waals surface area contributed by atoms with Crippen LogP contribution in [0.1, 0.15) is 18.3 Å². The van der Waals surface area contributed by atoms with Crippen LogP contribution in [0.2, 0.25) is 5.02 Å². The molecule has 1 N–H and O–H groups in total. The van der Waals surface area contributed by atoms with Gasteiger partial charge < -0.3 is 5.32 Å². The average Bonchev–Trinajstić information content (AvgIpc) is 3.18. The molecule has 1 unspecified atom stereocenters. The smallest absolute Gasteiger partial charge is 0.238 e. The molecule has 2 aromatic carbocycles. The molecule has 0 bridgehead atoms. The third kappa shape index (κ3) is 5.31. The van der Waals surface area contributed by atoms with E-state index in [0.717, 1.165) is 17.1 Å². The van der Waals surface area contributed by atoms with E-state index in [9.17, 15) is 4.79 Å². The summed E-state index contributed by atoms with van der Waals surface area (Å²) in [6.45, 7) is 1.83. The molecule has 2 heterocycles. The first kappa shape index (κ1) is 21.1. The number of hydrogen-bond donors (Lipinski definition) is 1. The predicted molar refractivity (Wildman–Crippen MR) is 124 cm³/mol. The monoisotopic (exact) mass is 449 g/mol. The predicted octanol–water partition coefficient (Wildman–Crippen LogP) is 5.03. The molecule has 0 saturated carbocycles. The van der Waals surface area contributed by atoms with Crippen molar-refractivity contribution in [2.75, 3.05) is 5.32 Å². The lowest BCUT2D eigenvalue weighted by Gasteiger charge is -2.14. The second kappa shape index (κ2) is 9.76.